The van der Waals surface area contributed by atoms with Gasteiger partial charge in [0.2, 0.25) is 0 Å². The standard InChI is InChI=1S/C17H27FN2/c1-5-19-14(4)17-15(18)7-6-8-16(17)20-10-12(2)9-13(3)11-20/h6-8,12-14,19H,5,9-11H2,1-4H3. The van der Waals surface area contributed by atoms with Crippen molar-refractivity contribution in [2.45, 2.75) is 40.2 Å². The van der Waals surface area contributed by atoms with Crippen molar-refractivity contribution in [1.82, 2.24) is 5.32 Å². The van der Waals surface area contributed by atoms with E-state index in [4.69, 9.17) is 0 Å². The van der Waals surface area contributed by atoms with Gasteiger partial charge in [0.25, 0.3) is 0 Å². The Hall–Kier alpha value is -1.09. The van der Waals surface area contributed by atoms with E-state index in [1.165, 1.54) is 6.42 Å². The number of rotatable bonds is 4. The Balaban J connectivity index is 2.33. The van der Waals surface area contributed by atoms with Crippen molar-refractivity contribution in [3.63, 3.8) is 0 Å². The Kier molecular flexibility index (Phi) is 5.03. The fourth-order valence-corrected chi connectivity index (χ4v) is 3.50. The number of anilines is 1. The van der Waals surface area contributed by atoms with Crippen LogP contribution in [-0.2, 0) is 0 Å². The van der Waals surface area contributed by atoms with Crippen LogP contribution in [-0.4, -0.2) is 19.6 Å². The minimum absolute atomic E-state index is 0.0451. The second-order valence-electron chi connectivity index (χ2n) is 6.30. The van der Waals surface area contributed by atoms with Crippen molar-refractivity contribution in [2.75, 3.05) is 24.5 Å². The third kappa shape index (κ3) is 3.32. The van der Waals surface area contributed by atoms with Crippen molar-refractivity contribution >= 4 is 5.69 Å². The first-order valence-corrected chi connectivity index (χ1v) is 7.79. The van der Waals surface area contributed by atoms with Crippen LogP contribution in [0.2, 0.25) is 0 Å². The molecule has 0 radical (unpaired) electrons. The van der Waals surface area contributed by atoms with Crippen molar-refractivity contribution in [3.05, 3.63) is 29.6 Å². The largest absolute Gasteiger partial charge is 0.371 e. The third-order valence-electron chi connectivity index (χ3n) is 4.18. The molecule has 0 aliphatic carbocycles. The van der Waals surface area contributed by atoms with E-state index in [-0.39, 0.29) is 11.9 Å². The van der Waals surface area contributed by atoms with Crippen LogP contribution in [0, 0.1) is 17.7 Å². The predicted molar refractivity (Wildman–Crippen MR) is 83.6 cm³/mol. The van der Waals surface area contributed by atoms with E-state index in [0.717, 1.165) is 30.9 Å². The number of piperidine rings is 1. The fourth-order valence-electron chi connectivity index (χ4n) is 3.50. The Bertz CT molecular complexity index is 437. The van der Waals surface area contributed by atoms with Crippen LogP contribution < -0.4 is 10.2 Å². The van der Waals surface area contributed by atoms with Crippen molar-refractivity contribution in [3.8, 4) is 0 Å². The van der Waals surface area contributed by atoms with Gasteiger partial charge in [-0.2, -0.15) is 0 Å². The van der Waals surface area contributed by atoms with Crippen LogP contribution in [0.15, 0.2) is 18.2 Å². The average Bonchev–Trinajstić information content (AvgIpc) is 2.37. The fraction of sp³-hybridized carbons (Fsp3) is 0.647. The molecule has 0 saturated carbocycles. The maximum absolute atomic E-state index is 14.3. The van der Waals surface area contributed by atoms with Crippen molar-refractivity contribution in [2.24, 2.45) is 11.8 Å². The molecule has 1 aliphatic rings. The summed E-state index contributed by atoms with van der Waals surface area (Å²) in [6, 6.07) is 5.51. The maximum atomic E-state index is 14.3. The molecule has 1 heterocycles. The lowest BCUT2D eigenvalue weighted by molar-refractivity contribution is 0.355. The summed E-state index contributed by atoms with van der Waals surface area (Å²) < 4.78 is 14.3. The molecular formula is C17H27FN2. The summed E-state index contributed by atoms with van der Waals surface area (Å²) in [5.41, 5.74) is 1.88. The highest BCUT2D eigenvalue weighted by Crippen LogP contribution is 2.33. The second-order valence-corrected chi connectivity index (χ2v) is 6.30. The third-order valence-corrected chi connectivity index (χ3v) is 4.18. The lowest BCUT2D eigenvalue weighted by Crippen LogP contribution is -2.39. The van der Waals surface area contributed by atoms with Gasteiger partial charge >= 0.3 is 0 Å². The number of hydrogen-bond acceptors (Lipinski definition) is 2. The van der Waals surface area contributed by atoms with Crippen LogP contribution >= 0.6 is 0 Å². The molecule has 3 unspecified atom stereocenters. The predicted octanol–water partition coefficient (Wildman–Crippen LogP) is 3.98. The molecule has 112 valence electrons. The van der Waals surface area contributed by atoms with Gasteiger partial charge in [-0.3, -0.25) is 0 Å². The molecule has 2 rings (SSSR count). The molecule has 2 nitrogen and oxygen atoms in total. The smallest absolute Gasteiger partial charge is 0.130 e. The highest BCUT2D eigenvalue weighted by Gasteiger charge is 2.25. The summed E-state index contributed by atoms with van der Waals surface area (Å²) in [6.07, 6.45) is 1.27. The van der Waals surface area contributed by atoms with Gasteiger partial charge in [-0.25, -0.2) is 4.39 Å². The van der Waals surface area contributed by atoms with E-state index >= 15 is 0 Å². The van der Waals surface area contributed by atoms with Gasteiger partial charge in [-0.05, 0) is 43.9 Å². The van der Waals surface area contributed by atoms with Gasteiger partial charge in [0.05, 0.1) is 0 Å². The summed E-state index contributed by atoms with van der Waals surface area (Å²) in [4.78, 5) is 2.37. The molecule has 0 amide bonds. The molecule has 3 atom stereocenters. The monoisotopic (exact) mass is 278 g/mol. The summed E-state index contributed by atoms with van der Waals surface area (Å²) in [5.74, 6) is 1.25. The first kappa shape index (κ1) is 15.3. The van der Waals surface area contributed by atoms with Crippen LogP contribution in [0.25, 0.3) is 0 Å². The molecule has 3 heteroatoms. The quantitative estimate of drug-likeness (QED) is 0.896. The van der Waals surface area contributed by atoms with Crippen LogP contribution in [0.3, 0.4) is 0 Å². The SMILES string of the molecule is CCNC(C)c1c(F)cccc1N1CC(C)CC(C)C1. The first-order chi connectivity index (χ1) is 9.52. The zero-order valence-corrected chi connectivity index (χ0v) is 13.1. The molecule has 1 fully saturated rings. The first-order valence-electron chi connectivity index (χ1n) is 7.79. The zero-order chi connectivity index (χ0) is 14.7. The number of nitrogens with zero attached hydrogens (tertiary/aromatic N) is 1. The van der Waals surface area contributed by atoms with E-state index in [9.17, 15) is 4.39 Å². The number of halogens is 1. The Morgan fingerprint density at radius 3 is 2.55 bits per heavy atom. The van der Waals surface area contributed by atoms with Gasteiger partial charge in [0.15, 0.2) is 0 Å². The molecule has 0 bridgehead atoms. The van der Waals surface area contributed by atoms with Gasteiger partial charge in [0, 0.05) is 30.4 Å². The number of benzene rings is 1. The lowest BCUT2D eigenvalue weighted by atomic mass is 9.90. The van der Waals surface area contributed by atoms with Gasteiger partial charge in [-0.1, -0.05) is 26.8 Å². The number of hydrogen-bond donors (Lipinski definition) is 1. The second kappa shape index (κ2) is 6.57. The Morgan fingerprint density at radius 1 is 1.30 bits per heavy atom. The van der Waals surface area contributed by atoms with E-state index in [0.29, 0.717) is 11.8 Å². The van der Waals surface area contributed by atoms with Crippen molar-refractivity contribution < 1.29 is 4.39 Å². The normalized spacial score (nSPS) is 24.8. The molecule has 0 aromatic heterocycles. The lowest BCUT2D eigenvalue weighted by Gasteiger charge is -2.38. The van der Waals surface area contributed by atoms with Gasteiger partial charge < -0.3 is 10.2 Å². The summed E-state index contributed by atoms with van der Waals surface area (Å²) in [7, 11) is 0. The van der Waals surface area contributed by atoms with Crippen LogP contribution in [0.1, 0.15) is 45.7 Å². The zero-order valence-electron chi connectivity index (χ0n) is 13.1. The molecule has 1 aromatic rings. The molecule has 1 N–H and O–H groups in total. The summed E-state index contributed by atoms with van der Waals surface area (Å²) in [6.45, 7) is 11.6. The number of nitrogens with one attached hydrogen (secondary N) is 1. The minimum atomic E-state index is -0.0955. The van der Waals surface area contributed by atoms with Gasteiger partial charge in [-0.15, -0.1) is 0 Å². The molecule has 0 spiro atoms. The minimum Gasteiger partial charge on any atom is -0.371 e. The molecular weight excluding hydrogens is 251 g/mol. The summed E-state index contributed by atoms with van der Waals surface area (Å²) >= 11 is 0. The highest BCUT2D eigenvalue weighted by atomic mass is 19.1. The summed E-state index contributed by atoms with van der Waals surface area (Å²) in [5, 5.41) is 3.34. The maximum Gasteiger partial charge on any atom is 0.130 e. The molecule has 1 aromatic carbocycles. The van der Waals surface area contributed by atoms with Crippen molar-refractivity contribution in [1.29, 1.82) is 0 Å². The van der Waals surface area contributed by atoms with E-state index in [1.54, 1.807) is 6.07 Å². The molecule has 1 saturated heterocycles. The highest BCUT2D eigenvalue weighted by molar-refractivity contribution is 5.56. The van der Waals surface area contributed by atoms with E-state index < -0.39 is 0 Å². The van der Waals surface area contributed by atoms with E-state index in [1.807, 2.05) is 13.0 Å². The Morgan fingerprint density at radius 2 is 1.95 bits per heavy atom. The topological polar surface area (TPSA) is 15.3 Å². The average molecular weight is 278 g/mol. The van der Waals surface area contributed by atoms with Gasteiger partial charge in [0.1, 0.15) is 5.82 Å². The van der Waals surface area contributed by atoms with Crippen LogP contribution in [0.5, 0.6) is 0 Å². The van der Waals surface area contributed by atoms with Crippen LogP contribution in [0.4, 0.5) is 10.1 Å². The Labute approximate surface area is 122 Å². The molecule has 20 heavy (non-hydrogen) atoms. The molecule has 1 aliphatic heterocycles. The van der Waals surface area contributed by atoms with E-state index in [2.05, 4.69) is 37.1 Å².